The van der Waals surface area contributed by atoms with E-state index in [9.17, 15) is 0 Å². The molecule has 1 aromatic rings. The Kier molecular flexibility index (Phi) is 6.76. The molecule has 1 aromatic carbocycles. The van der Waals surface area contributed by atoms with E-state index in [2.05, 4.69) is 13.8 Å². The third kappa shape index (κ3) is 5.65. The number of hydrogen-bond donors (Lipinski definition) is 0. The predicted octanol–water partition coefficient (Wildman–Crippen LogP) is 5.73. The van der Waals surface area contributed by atoms with Gasteiger partial charge in [-0.1, -0.05) is 49.4 Å². The van der Waals surface area contributed by atoms with Crippen molar-refractivity contribution in [1.29, 1.82) is 0 Å². The molecule has 1 rings (SSSR count). The van der Waals surface area contributed by atoms with E-state index < -0.39 is 0 Å². The Morgan fingerprint density at radius 1 is 1.18 bits per heavy atom. The minimum absolute atomic E-state index is 0.200. The average molecular weight is 275 g/mol. The molecular weight excluding hydrogens is 255 g/mol. The zero-order valence-electron chi connectivity index (χ0n) is 10.5. The highest BCUT2D eigenvalue weighted by molar-refractivity contribution is 6.35. The fourth-order valence-corrected chi connectivity index (χ4v) is 2.16. The number of benzene rings is 1. The molecule has 0 heterocycles. The van der Waals surface area contributed by atoms with Crippen molar-refractivity contribution in [3.05, 3.63) is 28.2 Å². The predicted molar refractivity (Wildman–Crippen MR) is 75.3 cm³/mol. The summed E-state index contributed by atoms with van der Waals surface area (Å²) in [6, 6.07) is 5.34. The van der Waals surface area contributed by atoms with Gasteiger partial charge < -0.3 is 4.74 Å². The monoisotopic (exact) mass is 274 g/mol. The summed E-state index contributed by atoms with van der Waals surface area (Å²) < 4.78 is 5.79. The van der Waals surface area contributed by atoms with E-state index in [-0.39, 0.29) is 6.10 Å². The van der Waals surface area contributed by atoms with Crippen LogP contribution in [0.2, 0.25) is 10.0 Å². The van der Waals surface area contributed by atoms with Crippen LogP contribution in [0.3, 0.4) is 0 Å². The summed E-state index contributed by atoms with van der Waals surface area (Å²) in [6.45, 7) is 4.30. The lowest BCUT2D eigenvalue weighted by Crippen LogP contribution is -2.11. The Balaban J connectivity index is 2.37. The molecule has 0 aliphatic rings. The molecule has 0 radical (unpaired) electrons. The first-order valence-corrected chi connectivity index (χ1v) is 7.00. The van der Waals surface area contributed by atoms with Gasteiger partial charge in [0.05, 0.1) is 11.1 Å². The first kappa shape index (κ1) is 14.7. The SMILES string of the molecule is CCCCCCC(C)Oc1ccc(Cl)cc1Cl. The summed E-state index contributed by atoms with van der Waals surface area (Å²) in [5.41, 5.74) is 0. The maximum atomic E-state index is 6.05. The fraction of sp³-hybridized carbons (Fsp3) is 0.571. The van der Waals surface area contributed by atoms with Crippen molar-refractivity contribution in [3.8, 4) is 5.75 Å². The van der Waals surface area contributed by atoms with Crippen LogP contribution in [0.4, 0.5) is 0 Å². The molecule has 1 nitrogen and oxygen atoms in total. The highest BCUT2D eigenvalue weighted by Crippen LogP contribution is 2.28. The molecule has 1 unspecified atom stereocenters. The number of halogens is 2. The first-order valence-electron chi connectivity index (χ1n) is 6.25. The lowest BCUT2D eigenvalue weighted by Gasteiger charge is -2.15. The highest BCUT2D eigenvalue weighted by atomic mass is 35.5. The number of hydrogen-bond acceptors (Lipinski definition) is 1. The van der Waals surface area contributed by atoms with Gasteiger partial charge in [-0.3, -0.25) is 0 Å². The normalized spacial score (nSPS) is 12.5. The van der Waals surface area contributed by atoms with E-state index in [0.717, 1.165) is 12.2 Å². The van der Waals surface area contributed by atoms with Gasteiger partial charge in [0, 0.05) is 5.02 Å². The molecule has 0 saturated carbocycles. The van der Waals surface area contributed by atoms with Crippen LogP contribution in [0.15, 0.2) is 18.2 Å². The molecule has 17 heavy (non-hydrogen) atoms. The fourth-order valence-electron chi connectivity index (χ4n) is 1.71. The molecule has 0 amide bonds. The Morgan fingerprint density at radius 3 is 2.59 bits per heavy atom. The van der Waals surface area contributed by atoms with Gasteiger partial charge in [0.15, 0.2) is 0 Å². The van der Waals surface area contributed by atoms with Crippen LogP contribution in [0, 0.1) is 0 Å². The lowest BCUT2D eigenvalue weighted by atomic mass is 10.1. The molecule has 0 aromatic heterocycles. The summed E-state index contributed by atoms with van der Waals surface area (Å²) in [6.07, 6.45) is 6.32. The molecule has 0 fully saturated rings. The molecule has 0 bridgehead atoms. The van der Waals surface area contributed by atoms with Crippen molar-refractivity contribution in [2.45, 2.75) is 52.1 Å². The highest BCUT2D eigenvalue weighted by Gasteiger charge is 2.07. The Labute approximate surface area is 114 Å². The van der Waals surface area contributed by atoms with E-state index in [1.54, 1.807) is 12.1 Å². The molecule has 0 saturated heterocycles. The van der Waals surface area contributed by atoms with Gasteiger partial charge in [0.25, 0.3) is 0 Å². The van der Waals surface area contributed by atoms with Crippen LogP contribution in [-0.4, -0.2) is 6.10 Å². The van der Waals surface area contributed by atoms with E-state index in [1.807, 2.05) is 6.07 Å². The van der Waals surface area contributed by atoms with E-state index in [0.29, 0.717) is 10.0 Å². The van der Waals surface area contributed by atoms with Gasteiger partial charge in [-0.05, 0) is 38.0 Å². The maximum absolute atomic E-state index is 6.05. The summed E-state index contributed by atoms with van der Waals surface area (Å²) in [4.78, 5) is 0. The van der Waals surface area contributed by atoms with Gasteiger partial charge in [0.1, 0.15) is 5.75 Å². The van der Waals surface area contributed by atoms with E-state index >= 15 is 0 Å². The number of ether oxygens (including phenoxy) is 1. The second kappa shape index (κ2) is 7.84. The van der Waals surface area contributed by atoms with Crippen molar-refractivity contribution in [3.63, 3.8) is 0 Å². The van der Waals surface area contributed by atoms with Crippen molar-refractivity contribution >= 4 is 23.2 Å². The number of rotatable bonds is 7. The first-order chi connectivity index (χ1) is 8.13. The second-order valence-corrected chi connectivity index (χ2v) is 5.20. The quantitative estimate of drug-likeness (QED) is 0.577. The van der Waals surface area contributed by atoms with Crippen LogP contribution >= 0.6 is 23.2 Å². The molecular formula is C14H20Cl2O. The van der Waals surface area contributed by atoms with E-state index in [4.69, 9.17) is 27.9 Å². The molecule has 0 aliphatic carbocycles. The van der Waals surface area contributed by atoms with Crippen LogP contribution in [0.25, 0.3) is 0 Å². The zero-order chi connectivity index (χ0) is 12.7. The van der Waals surface area contributed by atoms with Gasteiger partial charge >= 0.3 is 0 Å². The average Bonchev–Trinajstić information content (AvgIpc) is 2.28. The largest absolute Gasteiger partial charge is 0.489 e. The van der Waals surface area contributed by atoms with Crippen LogP contribution in [0.5, 0.6) is 5.75 Å². The minimum atomic E-state index is 0.200. The van der Waals surface area contributed by atoms with Crippen molar-refractivity contribution in [1.82, 2.24) is 0 Å². The van der Waals surface area contributed by atoms with Gasteiger partial charge in [0.2, 0.25) is 0 Å². The van der Waals surface area contributed by atoms with Gasteiger partial charge in [-0.15, -0.1) is 0 Å². The van der Waals surface area contributed by atoms with Gasteiger partial charge in [-0.25, -0.2) is 0 Å². The third-order valence-corrected chi connectivity index (χ3v) is 3.22. The second-order valence-electron chi connectivity index (χ2n) is 4.35. The van der Waals surface area contributed by atoms with Crippen LogP contribution < -0.4 is 4.74 Å². The van der Waals surface area contributed by atoms with Crippen molar-refractivity contribution in [2.75, 3.05) is 0 Å². The maximum Gasteiger partial charge on any atom is 0.138 e. The summed E-state index contributed by atoms with van der Waals surface area (Å²) in [5.74, 6) is 0.721. The molecule has 0 spiro atoms. The Bertz CT molecular complexity index is 339. The summed E-state index contributed by atoms with van der Waals surface area (Å²) in [7, 11) is 0. The molecule has 1 atom stereocenters. The Morgan fingerprint density at radius 2 is 1.94 bits per heavy atom. The summed E-state index contributed by atoms with van der Waals surface area (Å²) >= 11 is 11.9. The lowest BCUT2D eigenvalue weighted by molar-refractivity contribution is 0.206. The van der Waals surface area contributed by atoms with Crippen LogP contribution in [0.1, 0.15) is 46.0 Å². The molecule has 0 N–H and O–H groups in total. The number of unbranched alkanes of at least 4 members (excludes halogenated alkanes) is 3. The standard InChI is InChI=1S/C14H20Cl2O/c1-3-4-5-6-7-11(2)17-14-9-8-12(15)10-13(14)16/h8-11H,3-7H2,1-2H3. The molecule has 3 heteroatoms. The topological polar surface area (TPSA) is 9.23 Å². The summed E-state index contributed by atoms with van der Waals surface area (Å²) in [5, 5.41) is 1.22. The van der Waals surface area contributed by atoms with Crippen LogP contribution in [-0.2, 0) is 0 Å². The van der Waals surface area contributed by atoms with Crippen molar-refractivity contribution < 1.29 is 4.74 Å². The minimum Gasteiger partial charge on any atom is -0.489 e. The van der Waals surface area contributed by atoms with E-state index in [1.165, 1.54) is 25.7 Å². The zero-order valence-corrected chi connectivity index (χ0v) is 12.0. The molecule has 0 aliphatic heterocycles. The smallest absolute Gasteiger partial charge is 0.138 e. The molecule has 96 valence electrons. The third-order valence-electron chi connectivity index (χ3n) is 2.69. The Hall–Kier alpha value is -0.400. The van der Waals surface area contributed by atoms with Crippen molar-refractivity contribution in [2.24, 2.45) is 0 Å². The van der Waals surface area contributed by atoms with Gasteiger partial charge in [-0.2, -0.15) is 0 Å².